The first-order valence-electron chi connectivity index (χ1n) is 7.07. The smallest absolute Gasteiger partial charge is 0.258 e. The Morgan fingerprint density at radius 2 is 2.00 bits per heavy atom. The summed E-state index contributed by atoms with van der Waals surface area (Å²) in [6.45, 7) is 4.21. The van der Waals surface area contributed by atoms with Crippen molar-refractivity contribution in [2.45, 2.75) is 26.4 Å². The lowest BCUT2D eigenvalue weighted by atomic mass is 10.0. The molecule has 2 aromatic rings. The molecule has 7 heteroatoms. The Kier molecular flexibility index (Phi) is 5.46. The van der Waals surface area contributed by atoms with E-state index < -0.39 is 5.82 Å². The number of para-hydroxylation sites is 1. The van der Waals surface area contributed by atoms with Crippen molar-refractivity contribution < 1.29 is 13.9 Å². The minimum absolute atomic E-state index is 0.0625. The van der Waals surface area contributed by atoms with Crippen LogP contribution >= 0.6 is 0 Å². The lowest BCUT2D eigenvalue weighted by Gasteiger charge is -2.21. The van der Waals surface area contributed by atoms with E-state index in [0.29, 0.717) is 6.54 Å². The molecule has 0 aliphatic heterocycles. The number of nitrogens with one attached hydrogen (secondary N) is 1. The van der Waals surface area contributed by atoms with E-state index in [1.807, 2.05) is 13.8 Å². The van der Waals surface area contributed by atoms with Crippen LogP contribution < -0.4 is 10.1 Å². The van der Waals surface area contributed by atoms with Crippen molar-refractivity contribution in [3.05, 3.63) is 42.5 Å². The molecule has 1 atom stereocenters. The molecule has 0 fully saturated rings. The molecule has 0 saturated heterocycles. The summed E-state index contributed by atoms with van der Waals surface area (Å²) < 4.78 is 18.6. The molecule has 0 saturated carbocycles. The molecule has 1 N–H and O–H groups in total. The fourth-order valence-electron chi connectivity index (χ4n) is 1.89. The van der Waals surface area contributed by atoms with Crippen molar-refractivity contribution in [1.29, 1.82) is 0 Å². The van der Waals surface area contributed by atoms with Crippen LogP contribution in [0.2, 0.25) is 0 Å². The van der Waals surface area contributed by atoms with E-state index in [4.69, 9.17) is 4.74 Å². The Hall–Kier alpha value is -2.44. The summed E-state index contributed by atoms with van der Waals surface area (Å²) in [4.78, 5) is 13.5. The highest BCUT2D eigenvalue weighted by Crippen LogP contribution is 2.15. The van der Waals surface area contributed by atoms with Gasteiger partial charge in [0, 0.05) is 0 Å². The first kappa shape index (κ1) is 15.9. The summed E-state index contributed by atoms with van der Waals surface area (Å²) in [7, 11) is 0. The lowest BCUT2D eigenvalue weighted by molar-refractivity contribution is -0.124. The van der Waals surface area contributed by atoms with Crippen molar-refractivity contribution >= 4 is 5.91 Å². The number of carbonyl (C=O) groups is 1. The maximum Gasteiger partial charge on any atom is 0.258 e. The minimum atomic E-state index is -0.489. The second kappa shape index (κ2) is 7.53. The standard InChI is InChI=1S/C15H19FN4O2/c1-11(2)13(9-20-17-7-8-18-20)19-15(21)10-22-14-6-4-3-5-12(14)16/h3-8,11,13H,9-10H2,1-2H3,(H,19,21). The van der Waals surface area contributed by atoms with Gasteiger partial charge in [0.1, 0.15) is 0 Å². The molecule has 0 bridgehead atoms. The largest absolute Gasteiger partial charge is 0.481 e. The normalized spacial score (nSPS) is 12.2. The number of aromatic nitrogens is 3. The van der Waals surface area contributed by atoms with Crippen molar-refractivity contribution in [2.75, 3.05) is 6.61 Å². The lowest BCUT2D eigenvalue weighted by Crippen LogP contribution is -2.44. The minimum Gasteiger partial charge on any atom is -0.481 e. The average molecular weight is 306 g/mol. The van der Waals surface area contributed by atoms with E-state index in [1.54, 1.807) is 24.5 Å². The zero-order valence-corrected chi connectivity index (χ0v) is 12.6. The summed E-state index contributed by atoms with van der Waals surface area (Å²) >= 11 is 0. The van der Waals surface area contributed by atoms with Crippen LogP contribution in [0.25, 0.3) is 0 Å². The molecule has 2 rings (SSSR count). The zero-order valence-electron chi connectivity index (χ0n) is 12.6. The van der Waals surface area contributed by atoms with Gasteiger partial charge in [-0.15, -0.1) is 0 Å². The first-order valence-corrected chi connectivity index (χ1v) is 7.07. The third kappa shape index (κ3) is 4.54. The summed E-state index contributed by atoms with van der Waals surface area (Å²) in [6.07, 6.45) is 3.17. The Bertz CT molecular complexity index is 601. The molecule has 1 amide bonds. The van der Waals surface area contributed by atoms with E-state index in [9.17, 15) is 9.18 Å². The molecule has 0 aliphatic rings. The Balaban J connectivity index is 1.87. The van der Waals surface area contributed by atoms with Gasteiger partial charge in [0.25, 0.3) is 5.91 Å². The number of benzene rings is 1. The number of halogens is 1. The van der Waals surface area contributed by atoms with Crippen LogP contribution in [0.3, 0.4) is 0 Å². The van der Waals surface area contributed by atoms with Gasteiger partial charge in [0.05, 0.1) is 25.0 Å². The molecule has 1 unspecified atom stereocenters. The third-order valence-electron chi connectivity index (χ3n) is 3.17. The number of amides is 1. The number of hydrogen-bond acceptors (Lipinski definition) is 4. The Labute approximate surface area is 128 Å². The first-order chi connectivity index (χ1) is 10.6. The average Bonchev–Trinajstić information content (AvgIpc) is 2.98. The van der Waals surface area contributed by atoms with Crippen molar-refractivity contribution in [3.63, 3.8) is 0 Å². The molecular formula is C15H19FN4O2. The highest BCUT2D eigenvalue weighted by Gasteiger charge is 2.18. The van der Waals surface area contributed by atoms with Gasteiger partial charge in [0.15, 0.2) is 18.2 Å². The van der Waals surface area contributed by atoms with Crippen LogP contribution in [0.1, 0.15) is 13.8 Å². The predicted octanol–water partition coefficient (Wildman–Crippen LogP) is 1.64. The molecule has 0 spiro atoms. The third-order valence-corrected chi connectivity index (χ3v) is 3.17. The van der Waals surface area contributed by atoms with Gasteiger partial charge < -0.3 is 10.1 Å². The number of ether oxygens (including phenoxy) is 1. The molecule has 0 radical (unpaired) electrons. The van der Waals surface area contributed by atoms with E-state index >= 15 is 0 Å². The summed E-state index contributed by atoms with van der Waals surface area (Å²) in [5.74, 6) is -0.540. The van der Waals surface area contributed by atoms with Crippen molar-refractivity contribution in [3.8, 4) is 5.75 Å². The molecule has 22 heavy (non-hydrogen) atoms. The van der Waals surface area contributed by atoms with E-state index in [0.717, 1.165) is 0 Å². The van der Waals surface area contributed by atoms with Crippen LogP contribution in [0.5, 0.6) is 5.75 Å². The maximum atomic E-state index is 13.4. The SMILES string of the molecule is CC(C)C(Cn1nccn1)NC(=O)COc1ccccc1F. The van der Waals surface area contributed by atoms with Crippen LogP contribution in [0.15, 0.2) is 36.7 Å². The number of carbonyl (C=O) groups excluding carboxylic acids is 1. The highest BCUT2D eigenvalue weighted by molar-refractivity contribution is 5.77. The molecule has 6 nitrogen and oxygen atoms in total. The van der Waals surface area contributed by atoms with E-state index in [1.165, 1.54) is 16.9 Å². The topological polar surface area (TPSA) is 69.0 Å². The number of nitrogens with zero attached hydrogens (tertiary/aromatic N) is 3. The van der Waals surface area contributed by atoms with Crippen LogP contribution in [-0.4, -0.2) is 33.5 Å². The molecule has 1 aromatic heterocycles. The second-order valence-corrected chi connectivity index (χ2v) is 5.22. The van der Waals surface area contributed by atoms with Gasteiger partial charge >= 0.3 is 0 Å². The van der Waals surface area contributed by atoms with Crippen LogP contribution in [0, 0.1) is 11.7 Å². The molecule has 1 heterocycles. The van der Waals surface area contributed by atoms with E-state index in [2.05, 4.69) is 15.5 Å². The summed E-state index contributed by atoms with van der Waals surface area (Å²) in [6, 6.07) is 5.85. The Morgan fingerprint density at radius 1 is 1.32 bits per heavy atom. The zero-order chi connectivity index (χ0) is 15.9. The molecule has 1 aromatic carbocycles. The molecule has 0 aliphatic carbocycles. The van der Waals surface area contributed by atoms with Crippen molar-refractivity contribution in [1.82, 2.24) is 20.3 Å². The van der Waals surface area contributed by atoms with Gasteiger partial charge in [-0.05, 0) is 18.1 Å². The molecular weight excluding hydrogens is 287 g/mol. The number of rotatable bonds is 7. The van der Waals surface area contributed by atoms with Gasteiger partial charge in [-0.2, -0.15) is 15.0 Å². The highest BCUT2D eigenvalue weighted by atomic mass is 19.1. The van der Waals surface area contributed by atoms with Gasteiger partial charge in [-0.25, -0.2) is 4.39 Å². The molecule has 118 valence electrons. The predicted molar refractivity (Wildman–Crippen MR) is 78.7 cm³/mol. The van der Waals surface area contributed by atoms with Gasteiger partial charge in [-0.3, -0.25) is 4.79 Å². The van der Waals surface area contributed by atoms with Crippen LogP contribution in [-0.2, 0) is 11.3 Å². The summed E-state index contributed by atoms with van der Waals surface area (Å²) in [5, 5.41) is 10.9. The van der Waals surface area contributed by atoms with Gasteiger partial charge in [0.2, 0.25) is 0 Å². The van der Waals surface area contributed by atoms with E-state index in [-0.39, 0.29) is 30.2 Å². The maximum absolute atomic E-state index is 13.4. The quantitative estimate of drug-likeness (QED) is 0.844. The second-order valence-electron chi connectivity index (χ2n) is 5.22. The Morgan fingerprint density at radius 3 is 2.64 bits per heavy atom. The number of hydrogen-bond donors (Lipinski definition) is 1. The fraction of sp³-hybridized carbons (Fsp3) is 0.400. The van der Waals surface area contributed by atoms with Crippen molar-refractivity contribution in [2.24, 2.45) is 5.92 Å². The monoisotopic (exact) mass is 306 g/mol. The summed E-state index contributed by atoms with van der Waals surface area (Å²) in [5.41, 5.74) is 0. The van der Waals surface area contributed by atoms with Gasteiger partial charge in [-0.1, -0.05) is 26.0 Å². The van der Waals surface area contributed by atoms with Crippen LogP contribution in [0.4, 0.5) is 4.39 Å². The fourth-order valence-corrected chi connectivity index (χ4v) is 1.89.